The molecule has 1 aromatic heterocycles. The number of carboxylic acid groups (broad SMARTS) is 1. The minimum Gasteiger partial charge on any atom is -0.480 e. The van der Waals surface area contributed by atoms with Crippen molar-refractivity contribution in [3.05, 3.63) is 11.6 Å². The number of nitrogens with zero attached hydrogens (tertiary/aromatic N) is 3. The van der Waals surface area contributed by atoms with Crippen molar-refractivity contribution in [3.8, 4) is 0 Å². The molecule has 0 radical (unpaired) electrons. The van der Waals surface area contributed by atoms with Crippen LogP contribution in [-0.2, 0) is 17.6 Å². The van der Waals surface area contributed by atoms with Crippen molar-refractivity contribution < 1.29 is 9.90 Å². The van der Waals surface area contributed by atoms with Gasteiger partial charge in [0.05, 0.1) is 0 Å². The van der Waals surface area contributed by atoms with E-state index in [9.17, 15) is 4.79 Å². The lowest BCUT2D eigenvalue weighted by molar-refractivity contribution is -0.140. The summed E-state index contributed by atoms with van der Waals surface area (Å²) in [5.74, 6) is 0.357. The van der Waals surface area contributed by atoms with Crippen LogP contribution in [0.1, 0.15) is 31.5 Å². The largest absolute Gasteiger partial charge is 0.480 e. The van der Waals surface area contributed by atoms with E-state index in [4.69, 9.17) is 10.8 Å². The molecule has 15 heavy (non-hydrogen) atoms. The zero-order valence-electron chi connectivity index (χ0n) is 8.97. The van der Waals surface area contributed by atoms with Gasteiger partial charge in [0.1, 0.15) is 5.82 Å². The molecule has 0 aromatic carbocycles. The highest BCUT2D eigenvalue weighted by atomic mass is 16.4. The molecule has 0 saturated heterocycles. The molecule has 1 unspecified atom stereocenters. The van der Waals surface area contributed by atoms with E-state index < -0.39 is 12.0 Å². The van der Waals surface area contributed by atoms with Gasteiger partial charge in [-0.15, -0.1) is 0 Å². The van der Waals surface area contributed by atoms with Gasteiger partial charge in [0.15, 0.2) is 11.9 Å². The van der Waals surface area contributed by atoms with Crippen molar-refractivity contribution in [1.29, 1.82) is 0 Å². The van der Waals surface area contributed by atoms with Crippen LogP contribution in [0.2, 0.25) is 0 Å². The predicted molar refractivity (Wildman–Crippen MR) is 54.5 cm³/mol. The van der Waals surface area contributed by atoms with Gasteiger partial charge in [-0.1, -0.05) is 13.8 Å². The molecule has 6 heteroatoms. The molecule has 1 atom stereocenters. The van der Waals surface area contributed by atoms with Crippen LogP contribution in [0.15, 0.2) is 0 Å². The van der Waals surface area contributed by atoms with Crippen LogP contribution in [0.3, 0.4) is 0 Å². The Bertz CT molecular complexity index is 348. The Balaban J connectivity index is 3.09. The Kier molecular flexibility index (Phi) is 3.79. The van der Waals surface area contributed by atoms with Crippen LogP contribution in [0.5, 0.6) is 0 Å². The first-order valence-corrected chi connectivity index (χ1v) is 5.01. The molecule has 0 amide bonds. The SMILES string of the molecule is CCc1nc(CC)n(C(CN)C(=O)O)n1. The van der Waals surface area contributed by atoms with Gasteiger partial charge >= 0.3 is 5.97 Å². The van der Waals surface area contributed by atoms with Gasteiger partial charge in [-0.2, -0.15) is 5.10 Å². The summed E-state index contributed by atoms with van der Waals surface area (Å²) in [4.78, 5) is 15.2. The number of hydrogen-bond acceptors (Lipinski definition) is 4. The molecule has 0 aliphatic carbocycles. The molecule has 0 fully saturated rings. The topological polar surface area (TPSA) is 94.0 Å². The van der Waals surface area contributed by atoms with E-state index in [1.54, 1.807) is 0 Å². The first kappa shape index (κ1) is 11.6. The summed E-state index contributed by atoms with van der Waals surface area (Å²) in [6, 6.07) is -0.812. The van der Waals surface area contributed by atoms with E-state index in [1.165, 1.54) is 4.68 Å². The van der Waals surface area contributed by atoms with Crippen molar-refractivity contribution in [2.45, 2.75) is 32.7 Å². The van der Waals surface area contributed by atoms with E-state index in [0.717, 1.165) is 0 Å². The van der Waals surface area contributed by atoms with E-state index >= 15 is 0 Å². The highest BCUT2D eigenvalue weighted by Gasteiger charge is 2.22. The number of carboxylic acids is 1. The van der Waals surface area contributed by atoms with Crippen LogP contribution in [0, 0.1) is 0 Å². The number of aliphatic carboxylic acids is 1. The Morgan fingerprint density at radius 2 is 2.20 bits per heavy atom. The average Bonchev–Trinajstić information content (AvgIpc) is 2.61. The van der Waals surface area contributed by atoms with Gasteiger partial charge in [-0.25, -0.2) is 14.5 Å². The maximum Gasteiger partial charge on any atom is 0.329 e. The molecule has 1 heterocycles. The second-order valence-electron chi connectivity index (χ2n) is 3.19. The first-order valence-electron chi connectivity index (χ1n) is 5.01. The van der Waals surface area contributed by atoms with Crippen molar-refractivity contribution in [2.24, 2.45) is 5.73 Å². The van der Waals surface area contributed by atoms with E-state index in [1.807, 2.05) is 13.8 Å². The van der Waals surface area contributed by atoms with Crippen LogP contribution >= 0.6 is 0 Å². The highest BCUT2D eigenvalue weighted by molar-refractivity contribution is 5.72. The Labute approximate surface area is 88.1 Å². The van der Waals surface area contributed by atoms with Gasteiger partial charge < -0.3 is 10.8 Å². The number of aryl methyl sites for hydroxylation is 2. The molecule has 6 nitrogen and oxygen atoms in total. The number of aromatic nitrogens is 3. The number of hydrogen-bond donors (Lipinski definition) is 2. The fourth-order valence-corrected chi connectivity index (χ4v) is 1.35. The second kappa shape index (κ2) is 4.88. The fourth-order valence-electron chi connectivity index (χ4n) is 1.35. The monoisotopic (exact) mass is 212 g/mol. The Morgan fingerprint density at radius 3 is 2.60 bits per heavy atom. The summed E-state index contributed by atoms with van der Waals surface area (Å²) >= 11 is 0. The third-order valence-corrected chi connectivity index (χ3v) is 2.18. The third kappa shape index (κ3) is 2.33. The summed E-state index contributed by atoms with van der Waals surface area (Å²) in [5.41, 5.74) is 5.41. The lowest BCUT2D eigenvalue weighted by Crippen LogP contribution is -2.29. The highest BCUT2D eigenvalue weighted by Crippen LogP contribution is 2.09. The van der Waals surface area contributed by atoms with Crippen molar-refractivity contribution >= 4 is 5.97 Å². The number of carbonyl (C=O) groups is 1. The van der Waals surface area contributed by atoms with Crippen LogP contribution in [0.4, 0.5) is 0 Å². The van der Waals surface area contributed by atoms with Crippen LogP contribution in [-0.4, -0.2) is 32.4 Å². The van der Waals surface area contributed by atoms with Gasteiger partial charge in [-0.3, -0.25) is 0 Å². The normalized spacial score (nSPS) is 12.7. The van der Waals surface area contributed by atoms with E-state index in [0.29, 0.717) is 24.5 Å². The minimum absolute atomic E-state index is 0.0227. The molecule has 0 saturated carbocycles. The molecule has 0 aliphatic rings. The third-order valence-electron chi connectivity index (χ3n) is 2.18. The molecule has 3 N–H and O–H groups in total. The van der Waals surface area contributed by atoms with Gasteiger partial charge in [0.25, 0.3) is 0 Å². The maximum atomic E-state index is 10.9. The zero-order chi connectivity index (χ0) is 11.4. The molecule has 0 aliphatic heterocycles. The first-order chi connectivity index (χ1) is 7.13. The van der Waals surface area contributed by atoms with Crippen LogP contribution in [0.25, 0.3) is 0 Å². The van der Waals surface area contributed by atoms with Crippen LogP contribution < -0.4 is 5.73 Å². The lowest BCUT2D eigenvalue weighted by Gasteiger charge is -2.11. The molecular formula is C9H16N4O2. The van der Waals surface area contributed by atoms with Crippen molar-refractivity contribution in [1.82, 2.24) is 14.8 Å². The van der Waals surface area contributed by atoms with E-state index in [-0.39, 0.29) is 6.54 Å². The summed E-state index contributed by atoms with van der Waals surface area (Å²) in [6.07, 6.45) is 1.34. The summed E-state index contributed by atoms with van der Waals surface area (Å²) < 4.78 is 1.42. The molecule has 1 rings (SSSR count). The predicted octanol–water partition coefficient (Wildman–Crippen LogP) is -0.0127. The minimum atomic E-state index is -0.972. The number of rotatable bonds is 5. The zero-order valence-corrected chi connectivity index (χ0v) is 8.97. The molecule has 1 aromatic rings. The van der Waals surface area contributed by atoms with Crippen molar-refractivity contribution in [2.75, 3.05) is 6.54 Å². The standard InChI is InChI=1S/C9H16N4O2/c1-3-7-11-8(4-2)13(12-7)6(5-10)9(14)15/h6H,3-5,10H2,1-2H3,(H,14,15). The lowest BCUT2D eigenvalue weighted by atomic mass is 10.3. The maximum absolute atomic E-state index is 10.9. The quantitative estimate of drug-likeness (QED) is 0.715. The van der Waals surface area contributed by atoms with Crippen molar-refractivity contribution in [3.63, 3.8) is 0 Å². The fraction of sp³-hybridized carbons (Fsp3) is 0.667. The van der Waals surface area contributed by atoms with Gasteiger partial charge in [0.2, 0.25) is 0 Å². The molecule has 0 spiro atoms. The Hall–Kier alpha value is -1.43. The summed E-state index contributed by atoms with van der Waals surface area (Å²) in [5, 5.41) is 13.1. The average molecular weight is 212 g/mol. The molecule has 84 valence electrons. The molecular weight excluding hydrogens is 196 g/mol. The summed E-state index contributed by atoms with van der Waals surface area (Å²) in [7, 11) is 0. The second-order valence-corrected chi connectivity index (χ2v) is 3.19. The summed E-state index contributed by atoms with van der Waals surface area (Å²) in [6.45, 7) is 3.86. The smallest absolute Gasteiger partial charge is 0.329 e. The number of nitrogens with two attached hydrogens (primary N) is 1. The molecule has 0 bridgehead atoms. The van der Waals surface area contributed by atoms with E-state index in [2.05, 4.69) is 10.1 Å². The Morgan fingerprint density at radius 1 is 1.53 bits per heavy atom. The van der Waals surface area contributed by atoms with Gasteiger partial charge in [0, 0.05) is 19.4 Å². The van der Waals surface area contributed by atoms with Gasteiger partial charge in [-0.05, 0) is 0 Å².